The van der Waals surface area contributed by atoms with Crippen molar-refractivity contribution in [3.05, 3.63) is 18.7 Å². The molecule has 1 atom stereocenters. The molecule has 0 fully saturated rings. The molecule has 1 aromatic heterocycles. The SMILES string of the molecule is CC(Cn1ccnc1)NCCCC(C)(C)C#N. The van der Waals surface area contributed by atoms with E-state index in [1.807, 2.05) is 26.4 Å². The third-order valence-electron chi connectivity index (χ3n) is 2.82. The van der Waals surface area contributed by atoms with E-state index >= 15 is 0 Å². The maximum Gasteiger partial charge on any atom is 0.0946 e. The first-order valence-electron chi connectivity index (χ1n) is 6.14. The first-order chi connectivity index (χ1) is 8.03. The Hall–Kier alpha value is -1.34. The zero-order valence-corrected chi connectivity index (χ0v) is 11.0. The summed E-state index contributed by atoms with van der Waals surface area (Å²) in [5, 5.41) is 12.4. The van der Waals surface area contributed by atoms with Crippen LogP contribution in [0.25, 0.3) is 0 Å². The van der Waals surface area contributed by atoms with E-state index in [0.29, 0.717) is 6.04 Å². The summed E-state index contributed by atoms with van der Waals surface area (Å²) in [5.74, 6) is 0. The van der Waals surface area contributed by atoms with Crippen LogP contribution in [0, 0.1) is 16.7 Å². The third-order valence-corrected chi connectivity index (χ3v) is 2.82. The average Bonchev–Trinajstić information content (AvgIpc) is 2.77. The van der Waals surface area contributed by atoms with Gasteiger partial charge in [-0.2, -0.15) is 5.26 Å². The fraction of sp³-hybridized carbons (Fsp3) is 0.692. The lowest BCUT2D eigenvalue weighted by atomic mass is 9.90. The van der Waals surface area contributed by atoms with E-state index in [9.17, 15) is 0 Å². The van der Waals surface area contributed by atoms with E-state index in [4.69, 9.17) is 5.26 Å². The lowest BCUT2D eigenvalue weighted by molar-refractivity contribution is 0.404. The van der Waals surface area contributed by atoms with Gasteiger partial charge in [0.15, 0.2) is 0 Å². The number of hydrogen-bond acceptors (Lipinski definition) is 3. The first-order valence-corrected chi connectivity index (χ1v) is 6.14. The number of nitriles is 1. The second-order valence-corrected chi connectivity index (χ2v) is 5.21. The Morgan fingerprint density at radius 3 is 2.88 bits per heavy atom. The van der Waals surface area contributed by atoms with Crippen LogP contribution in [0.1, 0.15) is 33.6 Å². The van der Waals surface area contributed by atoms with E-state index in [1.165, 1.54) is 0 Å². The molecule has 1 heterocycles. The Balaban J connectivity index is 2.13. The lowest BCUT2D eigenvalue weighted by Crippen LogP contribution is -2.31. The van der Waals surface area contributed by atoms with Crippen molar-refractivity contribution >= 4 is 0 Å². The predicted molar refractivity (Wildman–Crippen MR) is 68.3 cm³/mol. The third kappa shape index (κ3) is 5.50. The zero-order chi connectivity index (χ0) is 12.7. The zero-order valence-electron chi connectivity index (χ0n) is 11.0. The Morgan fingerprint density at radius 1 is 1.53 bits per heavy atom. The molecule has 0 aliphatic rings. The summed E-state index contributed by atoms with van der Waals surface area (Å²) >= 11 is 0. The molecular weight excluding hydrogens is 212 g/mol. The second kappa shape index (κ2) is 6.41. The Labute approximate surface area is 104 Å². The van der Waals surface area contributed by atoms with Crippen molar-refractivity contribution < 1.29 is 0 Å². The van der Waals surface area contributed by atoms with Gasteiger partial charge >= 0.3 is 0 Å². The molecule has 0 bridgehead atoms. The van der Waals surface area contributed by atoms with E-state index in [2.05, 4.69) is 27.9 Å². The number of rotatable bonds is 7. The minimum Gasteiger partial charge on any atom is -0.336 e. The van der Waals surface area contributed by atoms with Crippen molar-refractivity contribution in [3.8, 4) is 6.07 Å². The lowest BCUT2D eigenvalue weighted by Gasteiger charge is -2.17. The first kappa shape index (κ1) is 13.7. The van der Waals surface area contributed by atoms with Gasteiger partial charge in [-0.1, -0.05) is 0 Å². The molecule has 1 N–H and O–H groups in total. The molecule has 17 heavy (non-hydrogen) atoms. The summed E-state index contributed by atoms with van der Waals surface area (Å²) in [6.45, 7) is 8.03. The van der Waals surface area contributed by atoms with Crippen LogP contribution in [0.4, 0.5) is 0 Å². The molecule has 0 radical (unpaired) electrons. The Bertz CT molecular complexity index is 348. The largest absolute Gasteiger partial charge is 0.336 e. The highest BCUT2D eigenvalue weighted by Crippen LogP contribution is 2.19. The molecule has 0 spiro atoms. The van der Waals surface area contributed by atoms with Gasteiger partial charge in [-0.15, -0.1) is 0 Å². The highest BCUT2D eigenvalue weighted by Gasteiger charge is 2.15. The fourth-order valence-electron chi connectivity index (χ4n) is 1.71. The molecule has 1 unspecified atom stereocenters. The van der Waals surface area contributed by atoms with Crippen LogP contribution in [-0.4, -0.2) is 22.1 Å². The molecule has 0 saturated heterocycles. The number of nitrogens with zero attached hydrogens (tertiary/aromatic N) is 3. The number of aromatic nitrogens is 2. The molecule has 4 heteroatoms. The van der Waals surface area contributed by atoms with E-state index in [1.54, 1.807) is 6.20 Å². The predicted octanol–water partition coefficient (Wildman–Crippen LogP) is 2.19. The van der Waals surface area contributed by atoms with E-state index in [-0.39, 0.29) is 5.41 Å². The maximum absolute atomic E-state index is 8.89. The van der Waals surface area contributed by atoms with Crippen LogP contribution >= 0.6 is 0 Å². The molecule has 94 valence electrons. The number of imidazole rings is 1. The van der Waals surface area contributed by atoms with Crippen molar-refractivity contribution in [2.45, 2.75) is 46.2 Å². The van der Waals surface area contributed by atoms with Crippen molar-refractivity contribution in [1.29, 1.82) is 5.26 Å². The number of hydrogen-bond donors (Lipinski definition) is 1. The van der Waals surface area contributed by atoms with Gasteiger partial charge < -0.3 is 9.88 Å². The quantitative estimate of drug-likeness (QED) is 0.736. The topological polar surface area (TPSA) is 53.6 Å². The summed E-state index contributed by atoms with van der Waals surface area (Å²) in [6, 6.07) is 2.75. The molecule has 0 aromatic carbocycles. The van der Waals surface area contributed by atoms with Crippen molar-refractivity contribution in [3.63, 3.8) is 0 Å². The average molecular weight is 234 g/mol. The van der Waals surface area contributed by atoms with Gasteiger partial charge in [0, 0.05) is 25.0 Å². The summed E-state index contributed by atoms with van der Waals surface area (Å²) in [6.07, 6.45) is 7.57. The van der Waals surface area contributed by atoms with Crippen LogP contribution in [0.5, 0.6) is 0 Å². The van der Waals surface area contributed by atoms with Crippen molar-refractivity contribution in [2.24, 2.45) is 5.41 Å². The van der Waals surface area contributed by atoms with Gasteiger partial charge in [-0.25, -0.2) is 4.98 Å². The van der Waals surface area contributed by atoms with Crippen LogP contribution in [0.15, 0.2) is 18.7 Å². The van der Waals surface area contributed by atoms with Gasteiger partial charge in [0.25, 0.3) is 0 Å². The molecule has 0 saturated carbocycles. The van der Waals surface area contributed by atoms with Crippen LogP contribution < -0.4 is 5.32 Å². The summed E-state index contributed by atoms with van der Waals surface area (Å²) in [4.78, 5) is 4.01. The molecule has 1 rings (SSSR count). The molecular formula is C13H22N4. The molecule has 0 aliphatic heterocycles. The van der Waals surface area contributed by atoms with Gasteiger partial charge in [0.2, 0.25) is 0 Å². The molecule has 0 aliphatic carbocycles. The summed E-state index contributed by atoms with van der Waals surface area (Å²) in [5.41, 5.74) is -0.199. The van der Waals surface area contributed by atoms with Crippen LogP contribution in [-0.2, 0) is 6.54 Å². The van der Waals surface area contributed by atoms with Crippen molar-refractivity contribution in [2.75, 3.05) is 6.54 Å². The summed E-state index contributed by atoms with van der Waals surface area (Å²) in [7, 11) is 0. The van der Waals surface area contributed by atoms with E-state index < -0.39 is 0 Å². The normalized spacial score (nSPS) is 13.3. The Kier molecular flexibility index (Phi) is 5.17. The highest BCUT2D eigenvalue weighted by atomic mass is 15.1. The minimum absolute atomic E-state index is 0.199. The highest BCUT2D eigenvalue weighted by molar-refractivity contribution is 4.91. The van der Waals surface area contributed by atoms with Gasteiger partial charge in [0.05, 0.1) is 17.8 Å². The maximum atomic E-state index is 8.89. The van der Waals surface area contributed by atoms with Gasteiger partial charge in [0.1, 0.15) is 0 Å². The van der Waals surface area contributed by atoms with Crippen LogP contribution in [0.2, 0.25) is 0 Å². The molecule has 1 aromatic rings. The fourth-order valence-corrected chi connectivity index (χ4v) is 1.71. The molecule has 0 amide bonds. The number of nitrogens with one attached hydrogen (secondary N) is 1. The second-order valence-electron chi connectivity index (χ2n) is 5.21. The monoisotopic (exact) mass is 234 g/mol. The summed E-state index contributed by atoms with van der Waals surface area (Å²) < 4.78 is 2.07. The van der Waals surface area contributed by atoms with Crippen LogP contribution in [0.3, 0.4) is 0 Å². The smallest absolute Gasteiger partial charge is 0.0946 e. The minimum atomic E-state index is -0.199. The van der Waals surface area contributed by atoms with Gasteiger partial charge in [-0.3, -0.25) is 0 Å². The Morgan fingerprint density at radius 2 is 2.29 bits per heavy atom. The van der Waals surface area contributed by atoms with E-state index in [0.717, 1.165) is 25.9 Å². The van der Waals surface area contributed by atoms with Crippen molar-refractivity contribution in [1.82, 2.24) is 14.9 Å². The standard InChI is InChI=1S/C13H22N4/c1-12(9-17-8-7-15-11-17)16-6-4-5-13(2,3)10-14/h7-8,11-12,16H,4-6,9H2,1-3H3. The molecule has 4 nitrogen and oxygen atoms in total. The van der Waals surface area contributed by atoms with Gasteiger partial charge in [-0.05, 0) is 40.2 Å².